The Morgan fingerprint density at radius 2 is 0.514 bits per heavy atom. The van der Waals surface area contributed by atoms with Gasteiger partial charge in [0.1, 0.15) is 0 Å². The van der Waals surface area contributed by atoms with Crippen LogP contribution in [-0.4, -0.2) is 30.6 Å². The molecule has 72 heavy (non-hydrogen) atoms. The minimum absolute atomic E-state index is 0.0988. The van der Waals surface area contributed by atoms with Gasteiger partial charge in [-0.1, -0.05) is 85.6 Å². The van der Waals surface area contributed by atoms with Crippen LogP contribution in [0.1, 0.15) is 71.9 Å². The SMILES string of the molecule is Fc1cccc2c1OC13Oc4c(F)cccc4C[C@H]1CCCC[C@@H]3C2.Fc1cccc2c1OC13Oc4c(F)cccc4C[C@H]1CC[C@@H]3C2.Fc1cccc2c1OC13Oc4c(F)cccc4C[C@H]1COC[C@@H]3C2. The average molecular weight is 987 g/mol. The molecule has 3 fully saturated rings. The highest BCUT2D eigenvalue weighted by atomic mass is 19.1. The van der Waals surface area contributed by atoms with Crippen LogP contribution in [0, 0.1) is 70.4 Å². The Morgan fingerprint density at radius 3 is 0.778 bits per heavy atom. The molecule has 2 aliphatic carbocycles. The van der Waals surface area contributed by atoms with Gasteiger partial charge in [0.15, 0.2) is 69.4 Å². The zero-order chi connectivity index (χ0) is 48.9. The summed E-state index contributed by atoms with van der Waals surface area (Å²) in [6.45, 7) is 0.909. The molecule has 7 heterocycles. The van der Waals surface area contributed by atoms with E-state index in [0.29, 0.717) is 51.7 Å². The first kappa shape index (κ1) is 45.5. The van der Waals surface area contributed by atoms with Gasteiger partial charge in [-0.15, -0.1) is 0 Å². The monoisotopic (exact) mass is 986 g/mol. The summed E-state index contributed by atoms with van der Waals surface area (Å²) < 4.78 is 129. The number of halogens is 6. The maximum atomic E-state index is 14.4. The summed E-state index contributed by atoms with van der Waals surface area (Å²) >= 11 is 0. The lowest BCUT2D eigenvalue weighted by molar-refractivity contribution is -0.259. The highest BCUT2D eigenvalue weighted by Crippen LogP contribution is 2.57. The minimum Gasteiger partial charge on any atom is -0.448 e. The number of benzene rings is 6. The summed E-state index contributed by atoms with van der Waals surface area (Å²) in [5.41, 5.74) is 5.14. The predicted octanol–water partition coefficient (Wildman–Crippen LogP) is 12.8. The molecule has 2 saturated carbocycles. The lowest BCUT2D eigenvalue weighted by Crippen LogP contribution is -2.64. The van der Waals surface area contributed by atoms with Gasteiger partial charge in [0, 0.05) is 23.7 Å². The van der Waals surface area contributed by atoms with Crippen molar-refractivity contribution < 1.29 is 59.5 Å². The molecule has 13 heteroatoms. The number of hydrogen-bond acceptors (Lipinski definition) is 7. The third-order valence-corrected chi connectivity index (χ3v) is 16.9. The molecule has 1 saturated heterocycles. The highest BCUT2D eigenvalue weighted by molar-refractivity contribution is 5.46. The molecule has 0 N–H and O–H groups in total. The molecule has 0 aromatic heterocycles. The number of para-hydroxylation sites is 6. The second-order valence-electron chi connectivity index (χ2n) is 21.0. The van der Waals surface area contributed by atoms with Crippen molar-refractivity contribution in [3.05, 3.63) is 177 Å². The van der Waals surface area contributed by atoms with Crippen LogP contribution in [0.4, 0.5) is 26.3 Å². The number of hydrogen-bond donors (Lipinski definition) is 0. The van der Waals surface area contributed by atoms with Crippen LogP contribution in [-0.2, 0) is 43.3 Å². The standard InChI is InChI=1S/C21H20F2O2.C19H16F2O3.C19H16F2O2/c22-17-9-3-5-13-11-15-7-1-2-8-16-12-14-6-4-10-18(23)20(14)25-21(15,16)24-19(13)17;20-15-5-1-3-11-7-13-9-22-10-14-8-12-4-2-6-16(21)18(12)24-19(13,14)23-17(11)15;20-15-5-1-3-11-9-13-7-8-14-10-12-4-2-6-16(21)18(12)23-19(13,14)22-17(11)15/h3-6,9-10,15-16H,1-2,7-8,11-12H2;1-6,13-14H,7-10H2;1-6,13-14H,7-10H2/t15-,16-,21?;2*13-,14-,19?/m101/s1. The van der Waals surface area contributed by atoms with Crippen molar-refractivity contribution in [3.63, 3.8) is 0 Å². The first-order valence-corrected chi connectivity index (χ1v) is 25.4. The zero-order valence-corrected chi connectivity index (χ0v) is 39.4. The molecule has 9 aliphatic rings. The van der Waals surface area contributed by atoms with Crippen LogP contribution >= 0.6 is 0 Å². The lowest BCUT2D eigenvalue weighted by atomic mass is 9.75. The van der Waals surface area contributed by atoms with Crippen LogP contribution in [0.25, 0.3) is 0 Å². The molecule has 6 aromatic carbocycles. The van der Waals surface area contributed by atoms with Gasteiger partial charge in [0.25, 0.3) is 17.4 Å². The fraction of sp³-hybridized carbons (Fsp3) is 0.390. The molecule has 0 unspecified atom stereocenters. The second kappa shape index (κ2) is 17.4. The van der Waals surface area contributed by atoms with E-state index in [1.165, 1.54) is 36.4 Å². The van der Waals surface area contributed by atoms with Crippen molar-refractivity contribution in [2.45, 2.75) is 94.4 Å². The van der Waals surface area contributed by atoms with Crippen LogP contribution < -0.4 is 28.4 Å². The van der Waals surface area contributed by atoms with Crippen molar-refractivity contribution in [1.29, 1.82) is 0 Å². The maximum absolute atomic E-state index is 14.4. The third-order valence-electron chi connectivity index (χ3n) is 16.9. The predicted molar refractivity (Wildman–Crippen MR) is 252 cm³/mol. The fourth-order valence-corrected chi connectivity index (χ4v) is 13.5. The van der Waals surface area contributed by atoms with Crippen LogP contribution in [0.3, 0.4) is 0 Å². The van der Waals surface area contributed by atoms with Crippen LogP contribution in [0.2, 0.25) is 0 Å². The molecule has 6 atom stereocenters. The largest absolute Gasteiger partial charge is 0.448 e. The van der Waals surface area contributed by atoms with Gasteiger partial charge in [0.2, 0.25) is 0 Å². The Morgan fingerprint density at radius 1 is 0.292 bits per heavy atom. The van der Waals surface area contributed by atoms with E-state index in [0.717, 1.165) is 71.9 Å². The van der Waals surface area contributed by atoms with Gasteiger partial charge in [-0.2, -0.15) is 0 Å². The quantitative estimate of drug-likeness (QED) is 0.141. The molecule has 15 rings (SSSR count). The Hall–Kier alpha value is -6.34. The molecular weight excluding hydrogens is 935 g/mol. The summed E-state index contributed by atoms with van der Waals surface area (Å²) in [4.78, 5) is 0. The highest BCUT2D eigenvalue weighted by Gasteiger charge is 2.61. The molecule has 372 valence electrons. The van der Waals surface area contributed by atoms with Gasteiger partial charge in [-0.3, -0.25) is 0 Å². The number of ether oxygens (including phenoxy) is 7. The van der Waals surface area contributed by atoms with Gasteiger partial charge >= 0.3 is 0 Å². The second-order valence-corrected chi connectivity index (χ2v) is 21.0. The maximum Gasteiger partial charge on any atom is 0.262 e. The van der Waals surface area contributed by atoms with Crippen molar-refractivity contribution in [3.8, 4) is 34.5 Å². The Bertz CT molecular complexity index is 2900. The molecular formula is C59H52F6O7. The summed E-state index contributed by atoms with van der Waals surface area (Å²) in [6.07, 6.45) is 10.1. The van der Waals surface area contributed by atoms with Crippen molar-refractivity contribution in [2.24, 2.45) is 35.5 Å². The lowest BCUT2D eigenvalue weighted by Gasteiger charge is -2.53. The fourth-order valence-electron chi connectivity index (χ4n) is 13.5. The summed E-state index contributed by atoms with van der Waals surface area (Å²) in [7, 11) is 0. The molecule has 0 radical (unpaired) electrons. The molecule has 0 amide bonds. The molecule has 0 bridgehead atoms. The van der Waals surface area contributed by atoms with E-state index < -0.39 is 29.0 Å². The van der Waals surface area contributed by atoms with Crippen molar-refractivity contribution in [2.75, 3.05) is 13.2 Å². The summed E-state index contributed by atoms with van der Waals surface area (Å²) in [6, 6.07) is 29.9. The topological polar surface area (TPSA) is 64.6 Å². The third kappa shape index (κ3) is 7.25. The van der Waals surface area contributed by atoms with E-state index in [-0.39, 0.29) is 93.3 Å². The summed E-state index contributed by atoms with van der Waals surface area (Å²) in [5.74, 6) is -3.39. The van der Waals surface area contributed by atoms with E-state index in [4.69, 9.17) is 33.2 Å². The number of fused-ring (bicyclic) bond motifs is 6. The van der Waals surface area contributed by atoms with Gasteiger partial charge in [0.05, 0.1) is 25.0 Å². The molecule has 3 spiro atoms. The van der Waals surface area contributed by atoms with Crippen LogP contribution in [0.15, 0.2) is 109 Å². The first-order chi connectivity index (χ1) is 35.0. The minimum atomic E-state index is -1.07. The van der Waals surface area contributed by atoms with Crippen LogP contribution in [0.5, 0.6) is 34.5 Å². The van der Waals surface area contributed by atoms with E-state index in [1.54, 1.807) is 36.4 Å². The van der Waals surface area contributed by atoms with Gasteiger partial charge in [-0.05, 0) is 134 Å². The average Bonchev–Trinajstić information content (AvgIpc) is 3.63. The van der Waals surface area contributed by atoms with Crippen molar-refractivity contribution in [1.82, 2.24) is 0 Å². The summed E-state index contributed by atoms with van der Waals surface area (Å²) in [5, 5.41) is 0. The van der Waals surface area contributed by atoms with E-state index in [2.05, 4.69) is 0 Å². The van der Waals surface area contributed by atoms with E-state index in [1.807, 2.05) is 36.4 Å². The van der Waals surface area contributed by atoms with Gasteiger partial charge < -0.3 is 33.2 Å². The number of rotatable bonds is 0. The normalized spacial score (nSPS) is 30.1. The Kier molecular flexibility index (Phi) is 11.0. The smallest absolute Gasteiger partial charge is 0.262 e. The van der Waals surface area contributed by atoms with E-state index in [9.17, 15) is 26.3 Å². The Balaban J connectivity index is 0.000000105. The first-order valence-electron chi connectivity index (χ1n) is 25.4. The molecule has 7 nitrogen and oxygen atoms in total. The van der Waals surface area contributed by atoms with Crippen molar-refractivity contribution >= 4 is 0 Å². The van der Waals surface area contributed by atoms with Gasteiger partial charge in [-0.25, -0.2) is 26.3 Å². The van der Waals surface area contributed by atoms with E-state index >= 15 is 0 Å². The Labute approximate surface area is 413 Å². The molecule has 6 aromatic rings. The molecule has 7 aliphatic heterocycles. The zero-order valence-electron chi connectivity index (χ0n) is 39.4.